The van der Waals surface area contributed by atoms with Crippen molar-refractivity contribution in [2.24, 2.45) is 0 Å². The average molecular weight is 305 g/mol. The number of aromatic nitrogens is 1. The number of pyridine rings is 1. The molecular weight excluding hydrogens is 284 g/mol. The monoisotopic (exact) mass is 304 g/mol. The van der Waals surface area contributed by atoms with E-state index in [4.69, 9.17) is 16.3 Å². The predicted molar refractivity (Wildman–Crippen MR) is 87.2 cm³/mol. The van der Waals surface area contributed by atoms with E-state index in [2.05, 4.69) is 24.1 Å². The molecule has 0 bridgehead atoms. The van der Waals surface area contributed by atoms with Crippen molar-refractivity contribution in [2.45, 2.75) is 40.3 Å². The van der Waals surface area contributed by atoms with Gasteiger partial charge in [-0.05, 0) is 37.6 Å². The van der Waals surface area contributed by atoms with Crippen LogP contribution in [0.2, 0.25) is 5.02 Å². The molecule has 3 nitrogen and oxygen atoms in total. The van der Waals surface area contributed by atoms with E-state index in [1.54, 1.807) is 0 Å². The summed E-state index contributed by atoms with van der Waals surface area (Å²) in [6, 6.07) is 8.05. The summed E-state index contributed by atoms with van der Waals surface area (Å²) < 4.78 is 6.02. The summed E-state index contributed by atoms with van der Waals surface area (Å²) in [4.78, 5) is 4.35. The maximum atomic E-state index is 6.05. The van der Waals surface area contributed by atoms with E-state index >= 15 is 0 Å². The molecule has 0 aliphatic rings. The number of nitrogens with zero attached hydrogens (tertiary/aromatic N) is 1. The second-order valence-corrected chi connectivity index (χ2v) is 5.89. The normalized spacial score (nSPS) is 11.0. The molecule has 2 rings (SSSR count). The standard InChI is InChI=1S/C17H21ClN2O/c1-11(2)19-9-14-10-20-13(4)8-17(14)21-15-5-6-16(18)12(3)7-15/h5-8,10-11,19H,9H2,1-4H3. The van der Waals surface area contributed by atoms with E-state index in [1.165, 1.54) is 0 Å². The highest BCUT2D eigenvalue weighted by atomic mass is 35.5. The molecule has 2 aromatic rings. The fourth-order valence-corrected chi connectivity index (χ4v) is 2.03. The Morgan fingerprint density at radius 2 is 2.00 bits per heavy atom. The van der Waals surface area contributed by atoms with Crippen LogP contribution in [0.1, 0.15) is 30.7 Å². The lowest BCUT2D eigenvalue weighted by Gasteiger charge is -2.14. The van der Waals surface area contributed by atoms with E-state index in [0.717, 1.165) is 39.9 Å². The van der Waals surface area contributed by atoms with Crippen LogP contribution in [0.5, 0.6) is 11.5 Å². The van der Waals surface area contributed by atoms with Crippen LogP contribution in [-0.2, 0) is 6.54 Å². The number of rotatable bonds is 5. The van der Waals surface area contributed by atoms with Crippen molar-refractivity contribution in [3.8, 4) is 11.5 Å². The van der Waals surface area contributed by atoms with Crippen LogP contribution in [0, 0.1) is 13.8 Å². The molecule has 0 saturated heterocycles. The maximum absolute atomic E-state index is 6.05. The van der Waals surface area contributed by atoms with Gasteiger partial charge in [-0.1, -0.05) is 25.4 Å². The minimum Gasteiger partial charge on any atom is -0.457 e. The molecule has 0 spiro atoms. The largest absolute Gasteiger partial charge is 0.457 e. The third kappa shape index (κ3) is 4.45. The molecule has 0 radical (unpaired) electrons. The lowest BCUT2D eigenvalue weighted by atomic mass is 10.2. The summed E-state index contributed by atoms with van der Waals surface area (Å²) >= 11 is 6.05. The molecule has 1 N–H and O–H groups in total. The highest BCUT2D eigenvalue weighted by molar-refractivity contribution is 6.31. The molecule has 21 heavy (non-hydrogen) atoms. The van der Waals surface area contributed by atoms with Gasteiger partial charge in [0.25, 0.3) is 0 Å². The molecule has 0 unspecified atom stereocenters. The summed E-state index contributed by atoms with van der Waals surface area (Å²) in [6.07, 6.45) is 1.86. The second kappa shape index (κ2) is 6.92. The third-order valence-corrected chi connectivity index (χ3v) is 3.56. The van der Waals surface area contributed by atoms with Gasteiger partial charge in [-0.25, -0.2) is 0 Å². The molecular formula is C17H21ClN2O. The zero-order valence-electron chi connectivity index (χ0n) is 12.9. The summed E-state index contributed by atoms with van der Waals surface area (Å²) in [5.41, 5.74) is 2.98. The van der Waals surface area contributed by atoms with Crippen molar-refractivity contribution in [1.29, 1.82) is 0 Å². The average Bonchev–Trinajstić information content (AvgIpc) is 2.42. The number of ether oxygens (including phenoxy) is 1. The first-order valence-electron chi connectivity index (χ1n) is 7.08. The summed E-state index contributed by atoms with van der Waals surface area (Å²) in [7, 11) is 0. The summed E-state index contributed by atoms with van der Waals surface area (Å²) in [6.45, 7) is 8.89. The van der Waals surface area contributed by atoms with Gasteiger partial charge in [0.05, 0.1) is 0 Å². The highest BCUT2D eigenvalue weighted by Gasteiger charge is 2.08. The van der Waals surface area contributed by atoms with Crippen LogP contribution in [0.3, 0.4) is 0 Å². The Bertz CT molecular complexity index is 626. The van der Waals surface area contributed by atoms with Crippen molar-refractivity contribution in [3.05, 3.63) is 52.3 Å². The van der Waals surface area contributed by atoms with Gasteiger partial charge in [-0.2, -0.15) is 0 Å². The molecule has 0 aliphatic heterocycles. The van der Waals surface area contributed by atoms with Crippen LogP contribution in [-0.4, -0.2) is 11.0 Å². The summed E-state index contributed by atoms with van der Waals surface area (Å²) in [5, 5.41) is 4.13. The minimum atomic E-state index is 0.414. The Balaban J connectivity index is 2.24. The lowest BCUT2D eigenvalue weighted by molar-refractivity contribution is 0.467. The fraction of sp³-hybridized carbons (Fsp3) is 0.353. The zero-order valence-corrected chi connectivity index (χ0v) is 13.7. The Kier molecular flexibility index (Phi) is 5.21. The molecule has 4 heteroatoms. The number of hydrogen-bond donors (Lipinski definition) is 1. The molecule has 1 heterocycles. The first-order chi connectivity index (χ1) is 9.95. The van der Waals surface area contributed by atoms with Crippen molar-refractivity contribution in [3.63, 3.8) is 0 Å². The second-order valence-electron chi connectivity index (χ2n) is 5.48. The van der Waals surface area contributed by atoms with Crippen LogP contribution in [0.4, 0.5) is 0 Å². The van der Waals surface area contributed by atoms with E-state index in [-0.39, 0.29) is 0 Å². The Labute approximate surface area is 131 Å². The molecule has 0 amide bonds. The molecule has 1 aromatic heterocycles. The Morgan fingerprint density at radius 3 is 2.67 bits per heavy atom. The maximum Gasteiger partial charge on any atom is 0.135 e. The number of hydrogen-bond acceptors (Lipinski definition) is 3. The number of halogens is 1. The van der Waals surface area contributed by atoms with Crippen molar-refractivity contribution in [1.82, 2.24) is 10.3 Å². The number of nitrogens with one attached hydrogen (secondary N) is 1. The third-order valence-electron chi connectivity index (χ3n) is 3.14. The van der Waals surface area contributed by atoms with E-state index in [1.807, 2.05) is 44.3 Å². The van der Waals surface area contributed by atoms with Crippen LogP contribution >= 0.6 is 11.6 Å². The fourth-order valence-electron chi connectivity index (χ4n) is 1.91. The van der Waals surface area contributed by atoms with E-state index in [0.29, 0.717) is 6.04 Å². The molecule has 112 valence electrons. The lowest BCUT2D eigenvalue weighted by Crippen LogP contribution is -2.22. The van der Waals surface area contributed by atoms with Crippen molar-refractivity contribution < 1.29 is 4.74 Å². The van der Waals surface area contributed by atoms with Gasteiger partial charge >= 0.3 is 0 Å². The van der Waals surface area contributed by atoms with Crippen molar-refractivity contribution >= 4 is 11.6 Å². The Morgan fingerprint density at radius 1 is 1.24 bits per heavy atom. The van der Waals surface area contributed by atoms with Crippen molar-refractivity contribution in [2.75, 3.05) is 0 Å². The first kappa shape index (κ1) is 15.8. The van der Waals surface area contributed by atoms with Crippen LogP contribution in [0.15, 0.2) is 30.5 Å². The quantitative estimate of drug-likeness (QED) is 0.873. The molecule has 0 fully saturated rings. The van der Waals surface area contributed by atoms with Crippen LogP contribution < -0.4 is 10.1 Å². The van der Waals surface area contributed by atoms with Gasteiger partial charge in [0.15, 0.2) is 0 Å². The van der Waals surface area contributed by atoms with E-state index in [9.17, 15) is 0 Å². The minimum absolute atomic E-state index is 0.414. The van der Waals surface area contributed by atoms with Gasteiger partial charge in [0.2, 0.25) is 0 Å². The number of benzene rings is 1. The SMILES string of the molecule is Cc1cc(Oc2ccc(Cl)c(C)c2)c(CNC(C)C)cn1. The predicted octanol–water partition coefficient (Wildman–Crippen LogP) is 4.64. The first-order valence-corrected chi connectivity index (χ1v) is 7.46. The number of aryl methyl sites for hydroxylation is 2. The van der Waals surface area contributed by atoms with E-state index < -0.39 is 0 Å². The van der Waals surface area contributed by atoms with Crippen LogP contribution in [0.25, 0.3) is 0 Å². The molecule has 0 saturated carbocycles. The van der Waals surface area contributed by atoms with Gasteiger partial charge in [-0.15, -0.1) is 0 Å². The topological polar surface area (TPSA) is 34.1 Å². The van der Waals surface area contributed by atoms with Gasteiger partial charge in [0, 0.05) is 41.1 Å². The zero-order chi connectivity index (χ0) is 15.4. The van der Waals surface area contributed by atoms with Gasteiger partial charge in [-0.3, -0.25) is 4.98 Å². The smallest absolute Gasteiger partial charge is 0.135 e. The molecule has 1 aromatic carbocycles. The Hall–Kier alpha value is -1.58. The summed E-state index contributed by atoms with van der Waals surface area (Å²) in [5.74, 6) is 1.62. The highest BCUT2D eigenvalue weighted by Crippen LogP contribution is 2.28. The molecule has 0 aliphatic carbocycles. The molecule has 0 atom stereocenters. The van der Waals surface area contributed by atoms with Gasteiger partial charge < -0.3 is 10.1 Å². The van der Waals surface area contributed by atoms with Gasteiger partial charge in [0.1, 0.15) is 11.5 Å².